The molecular weight excluding hydrogens is 407 g/mol. The van der Waals surface area contributed by atoms with Crippen LogP contribution in [0.1, 0.15) is 30.0 Å². The fraction of sp³-hybridized carbons (Fsp3) is 0.391. The van der Waals surface area contributed by atoms with Crippen molar-refractivity contribution in [2.45, 2.75) is 25.5 Å². The second-order valence-corrected chi connectivity index (χ2v) is 6.85. The van der Waals surface area contributed by atoms with Crippen LogP contribution >= 0.6 is 24.8 Å². The highest BCUT2D eigenvalue weighted by Crippen LogP contribution is 2.34. The second kappa shape index (κ2) is 13.5. The van der Waals surface area contributed by atoms with Crippen molar-refractivity contribution >= 4 is 24.8 Å². The predicted molar refractivity (Wildman–Crippen MR) is 125 cm³/mol. The van der Waals surface area contributed by atoms with Gasteiger partial charge in [0.15, 0.2) is 11.5 Å². The molecule has 29 heavy (non-hydrogen) atoms. The first-order valence-corrected chi connectivity index (χ1v) is 9.72. The largest absolute Gasteiger partial charge is 0.493 e. The number of piperazine rings is 1. The Morgan fingerprint density at radius 3 is 2.45 bits per heavy atom. The minimum absolute atomic E-state index is 0. The van der Waals surface area contributed by atoms with Gasteiger partial charge in [0.25, 0.3) is 0 Å². The maximum absolute atomic E-state index is 6.12. The van der Waals surface area contributed by atoms with Crippen LogP contribution in [0.2, 0.25) is 0 Å². The number of nitrogens with zero attached hydrogens (tertiary/aromatic N) is 1. The van der Waals surface area contributed by atoms with E-state index in [9.17, 15) is 0 Å². The quantitative estimate of drug-likeness (QED) is 0.556. The first kappa shape index (κ1) is 25.3. The molecule has 0 bridgehead atoms. The van der Waals surface area contributed by atoms with Gasteiger partial charge in [-0.2, -0.15) is 0 Å². The number of allylic oxidation sites excluding steroid dienone is 1. The van der Waals surface area contributed by atoms with Crippen molar-refractivity contribution in [1.29, 1.82) is 0 Å². The minimum Gasteiger partial charge on any atom is -0.493 e. The van der Waals surface area contributed by atoms with Crippen molar-refractivity contribution in [3.8, 4) is 11.5 Å². The third-order valence-electron chi connectivity index (χ3n) is 5.05. The van der Waals surface area contributed by atoms with Gasteiger partial charge in [-0.25, -0.2) is 0 Å². The first-order chi connectivity index (χ1) is 13.3. The zero-order valence-corrected chi connectivity index (χ0v) is 18.6. The molecule has 0 aliphatic carbocycles. The Balaban J connectivity index is 0.00000210. The van der Waals surface area contributed by atoms with Gasteiger partial charge in [-0.1, -0.05) is 42.5 Å². The highest BCUT2D eigenvalue weighted by atomic mass is 35.5. The smallest absolute Gasteiger partial charge is 0.161 e. The number of methoxy groups -OCH3 is 1. The van der Waals surface area contributed by atoms with Crippen LogP contribution in [-0.4, -0.2) is 38.2 Å². The summed E-state index contributed by atoms with van der Waals surface area (Å²) in [6.07, 6.45) is 4.07. The zero-order valence-electron chi connectivity index (χ0n) is 17.0. The lowest BCUT2D eigenvalue weighted by Gasteiger charge is -2.35. The van der Waals surface area contributed by atoms with Crippen LogP contribution < -0.4 is 14.8 Å². The molecule has 1 fully saturated rings. The number of halogens is 2. The van der Waals surface area contributed by atoms with E-state index in [0.717, 1.165) is 56.1 Å². The number of benzene rings is 2. The molecule has 6 heteroatoms. The Bertz CT molecular complexity index is 722. The summed E-state index contributed by atoms with van der Waals surface area (Å²) in [6.45, 7) is 8.64. The fourth-order valence-electron chi connectivity index (χ4n) is 3.58. The van der Waals surface area contributed by atoms with E-state index in [1.54, 1.807) is 7.11 Å². The molecule has 0 saturated carbocycles. The van der Waals surface area contributed by atoms with Crippen molar-refractivity contribution in [2.75, 3.05) is 33.3 Å². The topological polar surface area (TPSA) is 33.7 Å². The molecule has 1 N–H and O–H groups in total. The van der Waals surface area contributed by atoms with E-state index in [2.05, 4.69) is 41.1 Å². The van der Waals surface area contributed by atoms with E-state index in [1.165, 1.54) is 5.56 Å². The van der Waals surface area contributed by atoms with Gasteiger partial charge in [-0.3, -0.25) is 4.90 Å². The highest BCUT2D eigenvalue weighted by Gasteiger charge is 2.22. The van der Waals surface area contributed by atoms with Crippen molar-refractivity contribution in [2.24, 2.45) is 0 Å². The van der Waals surface area contributed by atoms with Crippen molar-refractivity contribution in [3.63, 3.8) is 0 Å². The Kier molecular flexibility index (Phi) is 11.8. The summed E-state index contributed by atoms with van der Waals surface area (Å²) in [5.74, 6) is 1.58. The Labute approximate surface area is 187 Å². The van der Waals surface area contributed by atoms with Crippen LogP contribution in [0.15, 0.2) is 61.2 Å². The SMILES string of the molecule is C=CCC[C@H](c1ccc(OC)c(OCc2ccccc2)c1)N1CCNCC1.Cl.Cl. The van der Waals surface area contributed by atoms with Crippen LogP contribution in [0.4, 0.5) is 0 Å². The van der Waals surface area contributed by atoms with Gasteiger partial charge >= 0.3 is 0 Å². The summed E-state index contributed by atoms with van der Waals surface area (Å²) in [5.41, 5.74) is 2.43. The molecule has 4 nitrogen and oxygen atoms in total. The van der Waals surface area contributed by atoms with E-state index < -0.39 is 0 Å². The van der Waals surface area contributed by atoms with Gasteiger partial charge in [0.05, 0.1) is 7.11 Å². The number of ether oxygens (including phenoxy) is 2. The third-order valence-corrected chi connectivity index (χ3v) is 5.05. The van der Waals surface area contributed by atoms with Gasteiger partial charge < -0.3 is 14.8 Å². The van der Waals surface area contributed by atoms with E-state index in [1.807, 2.05) is 30.3 Å². The lowest BCUT2D eigenvalue weighted by Crippen LogP contribution is -2.45. The van der Waals surface area contributed by atoms with Gasteiger partial charge in [-0.05, 0) is 36.1 Å². The average Bonchev–Trinajstić information content (AvgIpc) is 2.74. The molecule has 0 amide bonds. The average molecular weight is 439 g/mol. The van der Waals surface area contributed by atoms with Crippen LogP contribution in [0.3, 0.4) is 0 Å². The molecule has 1 aliphatic rings. The van der Waals surface area contributed by atoms with Gasteiger partial charge in [0.1, 0.15) is 6.61 Å². The molecule has 0 unspecified atom stereocenters. The maximum Gasteiger partial charge on any atom is 0.161 e. The summed E-state index contributed by atoms with van der Waals surface area (Å²) < 4.78 is 11.7. The number of hydrogen-bond acceptors (Lipinski definition) is 4. The third kappa shape index (κ3) is 7.23. The second-order valence-electron chi connectivity index (χ2n) is 6.85. The summed E-state index contributed by atoms with van der Waals surface area (Å²) >= 11 is 0. The summed E-state index contributed by atoms with van der Waals surface area (Å²) in [5, 5.41) is 3.44. The van der Waals surface area contributed by atoms with Crippen molar-refractivity contribution < 1.29 is 9.47 Å². The molecule has 1 atom stereocenters. The molecule has 2 aromatic carbocycles. The van der Waals surface area contributed by atoms with Crippen LogP contribution in [-0.2, 0) is 6.61 Å². The summed E-state index contributed by atoms with van der Waals surface area (Å²) in [6, 6.07) is 16.9. The molecule has 0 radical (unpaired) electrons. The van der Waals surface area contributed by atoms with Crippen LogP contribution in [0.25, 0.3) is 0 Å². The molecule has 3 rings (SSSR count). The Hall–Kier alpha value is -1.72. The molecule has 0 spiro atoms. The lowest BCUT2D eigenvalue weighted by molar-refractivity contribution is 0.165. The monoisotopic (exact) mass is 438 g/mol. The van der Waals surface area contributed by atoms with Crippen LogP contribution in [0.5, 0.6) is 11.5 Å². The molecule has 160 valence electrons. The predicted octanol–water partition coefficient (Wildman–Crippen LogP) is 5.03. The lowest BCUT2D eigenvalue weighted by atomic mass is 9.99. The van der Waals surface area contributed by atoms with E-state index >= 15 is 0 Å². The van der Waals surface area contributed by atoms with Crippen LogP contribution in [0, 0.1) is 0 Å². The molecule has 1 heterocycles. The molecule has 1 saturated heterocycles. The number of nitrogens with one attached hydrogen (secondary N) is 1. The van der Waals surface area contributed by atoms with Gasteiger partial charge in [0.2, 0.25) is 0 Å². The van der Waals surface area contributed by atoms with Gasteiger partial charge in [0, 0.05) is 32.2 Å². The Morgan fingerprint density at radius 2 is 1.79 bits per heavy atom. The summed E-state index contributed by atoms with van der Waals surface area (Å²) in [4.78, 5) is 2.56. The number of rotatable bonds is 9. The van der Waals surface area contributed by atoms with Crippen molar-refractivity contribution in [1.82, 2.24) is 10.2 Å². The maximum atomic E-state index is 6.12. The normalized spacial score (nSPS) is 14.8. The standard InChI is InChI=1S/C23H30N2O2.2ClH/c1-3-4-10-21(25-15-13-24-14-16-25)20-11-12-22(26-2)23(17-20)27-18-19-8-6-5-7-9-19;;/h3,5-9,11-12,17,21,24H,1,4,10,13-16,18H2,2H3;2*1H/t21-;;/m1../s1. The number of hydrogen-bond donors (Lipinski definition) is 1. The molecule has 2 aromatic rings. The van der Waals surface area contributed by atoms with Crippen molar-refractivity contribution in [3.05, 3.63) is 72.3 Å². The highest BCUT2D eigenvalue weighted by molar-refractivity contribution is 5.85. The zero-order chi connectivity index (χ0) is 18.9. The fourth-order valence-corrected chi connectivity index (χ4v) is 3.58. The molecule has 1 aliphatic heterocycles. The Morgan fingerprint density at radius 1 is 1.07 bits per heavy atom. The van der Waals surface area contributed by atoms with E-state index in [-0.39, 0.29) is 24.8 Å². The molecular formula is C23H32Cl2N2O2. The first-order valence-electron chi connectivity index (χ1n) is 9.72. The van der Waals surface area contributed by atoms with Gasteiger partial charge in [-0.15, -0.1) is 31.4 Å². The van der Waals surface area contributed by atoms with E-state index in [0.29, 0.717) is 12.6 Å². The summed E-state index contributed by atoms with van der Waals surface area (Å²) in [7, 11) is 1.69. The van der Waals surface area contributed by atoms with E-state index in [4.69, 9.17) is 9.47 Å². The molecule has 0 aromatic heterocycles. The minimum atomic E-state index is 0.